The average Bonchev–Trinajstić information content (AvgIpc) is 2.09. The third-order valence-corrected chi connectivity index (χ3v) is 2.66. The minimum absolute atomic E-state index is 0.248. The molecular formula is C10H20O2. The van der Waals surface area contributed by atoms with Gasteiger partial charge < -0.3 is 9.47 Å². The first-order valence-electron chi connectivity index (χ1n) is 4.99. The Hall–Kier alpha value is -0.0800. The predicted octanol–water partition coefficient (Wildman–Crippen LogP) is 2.37. The lowest BCUT2D eigenvalue weighted by molar-refractivity contribution is -0.210. The Morgan fingerprint density at radius 2 is 1.17 bits per heavy atom. The molecule has 72 valence electrons. The van der Waals surface area contributed by atoms with Gasteiger partial charge in [-0.1, -0.05) is 13.8 Å². The SMILES string of the molecule is CC[C@@H]1OC(C)C(C)O[C@@H]1CC. The Labute approximate surface area is 75.2 Å². The lowest BCUT2D eigenvalue weighted by Gasteiger charge is -2.38. The first-order valence-corrected chi connectivity index (χ1v) is 4.99. The summed E-state index contributed by atoms with van der Waals surface area (Å²) in [6.07, 6.45) is 3.21. The van der Waals surface area contributed by atoms with Crippen LogP contribution in [0.2, 0.25) is 0 Å². The largest absolute Gasteiger partial charge is 0.370 e. The Morgan fingerprint density at radius 3 is 1.42 bits per heavy atom. The molecule has 0 saturated carbocycles. The summed E-state index contributed by atoms with van der Waals surface area (Å²) >= 11 is 0. The highest BCUT2D eigenvalue weighted by Gasteiger charge is 2.31. The molecule has 1 aliphatic rings. The van der Waals surface area contributed by atoms with Crippen LogP contribution in [-0.4, -0.2) is 24.4 Å². The zero-order chi connectivity index (χ0) is 9.14. The average molecular weight is 172 g/mol. The van der Waals surface area contributed by atoms with E-state index < -0.39 is 0 Å². The van der Waals surface area contributed by atoms with Crippen LogP contribution in [0.4, 0.5) is 0 Å². The normalized spacial score (nSPS) is 43.0. The van der Waals surface area contributed by atoms with Crippen LogP contribution in [0.15, 0.2) is 0 Å². The molecule has 2 unspecified atom stereocenters. The first kappa shape index (κ1) is 10.0. The molecule has 1 aliphatic heterocycles. The molecule has 4 atom stereocenters. The minimum Gasteiger partial charge on any atom is -0.370 e. The van der Waals surface area contributed by atoms with Crippen LogP contribution < -0.4 is 0 Å². The van der Waals surface area contributed by atoms with Crippen LogP contribution in [0.1, 0.15) is 40.5 Å². The Morgan fingerprint density at radius 1 is 0.833 bits per heavy atom. The summed E-state index contributed by atoms with van der Waals surface area (Å²) in [6, 6.07) is 0. The molecule has 1 rings (SSSR count). The number of hydrogen-bond acceptors (Lipinski definition) is 2. The van der Waals surface area contributed by atoms with E-state index in [0.717, 1.165) is 12.8 Å². The molecular weight excluding hydrogens is 152 g/mol. The van der Waals surface area contributed by atoms with Crippen molar-refractivity contribution in [1.82, 2.24) is 0 Å². The summed E-state index contributed by atoms with van der Waals surface area (Å²) in [5.41, 5.74) is 0. The molecule has 1 heterocycles. The van der Waals surface area contributed by atoms with E-state index in [-0.39, 0.29) is 12.2 Å². The van der Waals surface area contributed by atoms with Crippen LogP contribution in [0, 0.1) is 0 Å². The Bertz CT molecular complexity index is 120. The first-order chi connectivity index (χ1) is 5.69. The van der Waals surface area contributed by atoms with Gasteiger partial charge in [0.15, 0.2) is 0 Å². The summed E-state index contributed by atoms with van der Waals surface area (Å²) in [5.74, 6) is 0. The molecule has 0 amide bonds. The lowest BCUT2D eigenvalue weighted by Crippen LogP contribution is -2.46. The van der Waals surface area contributed by atoms with E-state index in [1.165, 1.54) is 0 Å². The van der Waals surface area contributed by atoms with Crippen molar-refractivity contribution in [1.29, 1.82) is 0 Å². The number of rotatable bonds is 2. The van der Waals surface area contributed by atoms with E-state index in [9.17, 15) is 0 Å². The van der Waals surface area contributed by atoms with Crippen molar-refractivity contribution >= 4 is 0 Å². The van der Waals surface area contributed by atoms with Crippen LogP contribution in [0.3, 0.4) is 0 Å². The number of ether oxygens (including phenoxy) is 2. The molecule has 1 saturated heterocycles. The van der Waals surface area contributed by atoms with Crippen molar-refractivity contribution in [3.05, 3.63) is 0 Å². The molecule has 1 fully saturated rings. The topological polar surface area (TPSA) is 18.5 Å². The molecule has 0 aromatic carbocycles. The van der Waals surface area contributed by atoms with Gasteiger partial charge >= 0.3 is 0 Å². The van der Waals surface area contributed by atoms with E-state index in [1.54, 1.807) is 0 Å². The van der Waals surface area contributed by atoms with Gasteiger partial charge in [0, 0.05) is 0 Å². The Balaban J connectivity index is 2.52. The maximum atomic E-state index is 5.83. The van der Waals surface area contributed by atoms with Crippen LogP contribution in [-0.2, 0) is 9.47 Å². The van der Waals surface area contributed by atoms with E-state index in [0.29, 0.717) is 12.2 Å². The third-order valence-electron chi connectivity index (χ3n) is 2.66. The van der Waals surface area contributed by atoms with Crippen molar-refractivity contribution in [3.63, 3.8) is 0 Å². The highest BCUT2D eigenvalue weighted by molar-refractivity contribution is 4.78. The van der Waals surface area contributed by atoms with E-state index in [4.69, 9.17) is 9.47 Å². The van der Waals surface area contributed by atoms with Crippen molar-refractivity contribution in [2.45, 2.75) is 65.0 Å². The lowest BCUT2D eigenvalue weighted by atomic mass is 10.1. The fraction of sp³-hybridized carbons (Fsp3) is 1.00. The van der Waals surface area contributed by atoms with Gasteiger partial charge in [-0.25, -0.2) is 0 Å². The predicted molar refractivity (Wildman–Crippen MR) is 49.3 cm³/mol. The van der Waals surface area contributed by atoms with Gasteiger partial charge in [0.1, 0.15) is 0 Å². The molecule has 0 radical (unpaired) electrons. The van der Waals surface area contributed by atoms with Crippen LogP contribution in [0.5, 0.6) is 0 Å². The highest BCUT2D eigenvalue weighted by Crippen LogP contribution is 2.23. The monoisotopic (exact) mass is 172 g/mol. The molecule has 0 aliphatic carbocycles. The van der Waals surface area contributed by atoms with Gasteiger partial charge in [-0.2, -0.15) is 0 Å². The second-order valence-electron chi connectivity index (χ2n) is 3.58. The summed E-state index contributed by atoms with van der Waals surface area (Å²) in [7, 11) is 0. The molecule has 0 bridgehead atoms. The van der Waals surface area contributed by atoms with Gasteiger partial charge in [0.2, 0.25) is 0 Å². The van der Waals surface area contributed by atoms with Crippen molar-refractivity contribution in [3.8, 4) is 0 Å². The van der Waals surface area contributed by atoms with Gasteiger partial charge in [0.25, 0.3) is 0 Å². The summed E-state index contributed by atoms with van der Waals surface area (Å²) in [6.45, 7) is 8.47. The van der Waals surface area contributed by atoms with E-state index >= 15 is 0 Å². The van der Waals surface area contributed by atoms with E-state index in [1.807, 2.05) is 0 Å². The van der Waals surface area contributed by atoms with Crippen LogP contribution >= 0.6 is 0 Å². The van der Waals surface area contributed by atoms with Gasteiger partial charge in [-0.15, -0.1) is 0 Å². The second kappa shape index (κ2) is 4.24. The minimum atomic E-state index is 0.248. The molecule has 2 heteroatoms. The fourth-order valence-corrected chi connectivity index (χ4v) is 1.67. The molecule has 0 N–H and O–H groups in total. The quantitative estimate of drug-likeness (QED) is 0.636. The zero-order valence-electron chi connectivity index (χ0n) is 8.54. The maximum absolute atomic E-state index is 5.83. The molecule has 0 aromatic heterocycles. The molecule has 12 heavy (non-hydrogen) atoms. The van der Waals surface area contributed by atoms with Gasteiger partial charge in [-0.3, -0.25) is 0 Å². The van der Waals surface area contributed by atoms with Crippen LogP contribution in [0.25, 0.3) is 0 Å². The molecule has 0 aromatic rings. The van der Waals surface area contributed by atoms with Crippen molar-refractivity contribution in [2.24, 2.45) is 0 Å². The molecule has 2 nitrogen and oxygen atoms in total. The molecule has 0 spiro atoms. The Kier molecular flexibility index (Phi) is 3.53. The van der Waals surface area contributed by atoms with Gasteiger partial charge in [0.05, 0.1) is 24.4 Å². The smallest absolute Gasteiger partial charge is 0.0839 e. The fourth-order valence-electron chi connectivity index (χ4n) is 1.67. The summed E-state index contributed by atoms with van der Waals surface area (Å²) in [5, 5.41) is 0. The standard InChI is InChI=1S/C10H20O2/c1-5-9-10(6-2)12-8(4)7(3)11-9/h7-10H,5-6H2,1-4H3/t7?,8?,9-,10+. The highest BCUT2D eigenvalue weighted by atomic mass is 16.6. The van der Waals surface area contributed by atoms with Crippen molar-refractivity contribution < 1.29 is 9.47 Å². The second-order valence-corrected chi connectivity index (χ2v) is 3.58. The third kappa shape index (κ3) is 1.99. The van der Waals surface area contributed by atoms with E-state index in [2.05, 4.69) is 27.7 Å². The maximum Gasteiger partial charge on any atom is 0.0839 e. The summed E-state index contributed by atoms with van der Waals surface area (Å²) in [4.78, 5) is 0. The number of hydrogen-bond donors (Lipinski definition) is 0. The van der Waals surface area contributed by atoms with Gasteiger partial charge in [-0.05, 0) is 26.7 Å². The van der Waals surface area contributed by atoms with Crippen molar-refractivity contribution in [2.75, 3.05) is 0 Å². The zero-order valence-corrected chi connectivity index (χ0v) is 8.54. The summed E-state index contributed by atoms with van der Waals surface area (Å²) < 4.78 is 11.7.